The second kappa shape index (κ2) is 5.62. The molecule has 2 aromatic carbocycles. The minimum Gasteiger partial charge on any atom is -0.338 e. The van der Waals surface area contributed by atoms with Gasteiger partial charge in [0.05, 0.1) is 22.4 Å². The molecule has 0 aliphatic rings. The van der Waals surface area contributed by atoms with Crippen molar-refractivity contribution in [3.8, 4) is 6.07 Å². The van der Waals surface area contributed by atoms with E-state index in [9.17, 15) is 5.26 Å². The molecule has 6 heteroatoms. The number of benzene rings is 2. The minimum absolute atomic E-state index is 0.504. The van der Waals surface area contributed by atoms with Crippen molar-refractivity contribution < 1.29 is 0 Å². The van der Waals surface area contributed by atoms with Gasteiger partial charge in [-0.05, 0) is 43.3 Å². The summed E-state index contributed by atoms with van der Waals surface area (Å²) < 4.78 is 3.00. The van der Waals surface area contributed by atoms with Gasteiger partial charge in [-0.2, -0.15) is 10.4 Å². The van der Waals surface area contributed by atoms with Crippen molar-refractivity contribution >= 4 is 44.0 Å². The maximum absolute atomic E-state index is 9.60. The number of aromatic amines is 1. The maximum atomic E-state index is 9.60. The standard InChI is InChI=1S/C18H12BrN5/c1-11-17(23-22-13-8-6-12(19)7-9-13)14(10-20)18-21-15-4-2-3-5-16(15)24(11)18/h2-9,21H,1H3. The van der Waals surface area contributed by atoms with Crippen LogP contribution in [0.3, 0.4) is 0 Å². The first-order valence-corrected chi connectivity index (χ1v) is 8.17. The average Bonchev–Trinajstić information content (AvgIpc) is 3.09. The maximum Gasteiger partial charge on any atom is 0.136 e. The first-order chi connectivity index (χ1) is 11.7. The highest BCUT2D eigenvalue weighted by Gasteiger charge is 2.19. The van der Waals surface area contributed by atoms with Crippen molar-refractivity contribution in [1.82, 2.24) is 9.38 Å². The van der Waals surface area contributed by atoms with Gasteiger partial charge < -0.3 is 4.98 Å². The van der Waals surface area contributed by atoms with Gasteiger partial charge in [-0.3, -0.25) is 4.40 Å². The van der Waals surface area contributed by atoms with Crippen LogP contribution in [0.4, 0.5) is 11.4 Å². The third kappa shape index (κ3) is 2.22. The van der Waals surface area contributed by atoms with Crippen LogP contribution >= 0.6 is 15.9 Å². The van der Waals surface area contributed by atoms with Gasteiger partial charge in [-0.25, -0.2) is 0 Å². The van der Waals surface area contributed by atoms with Gasteiger partial charge in [0.1, 0.15) is 23.0 Å². The molecule has 0 atom stereocenters. The molecule has 0 aliphatic carbocycles. The molecule has 0 radical (unpaired) electrons. The fraction of sp³-hybridized carbons (Fsp3) is 0.0556. The Morgan fingerprint density at radius 3 is 2.58 bits per heavy atom. The number of nitrogens with zero attached hydrogens (tertiary/aromatic N) is 4. The number of hydrogen-bond donors (Lipinski definition) is 1. The van der Waals surface area contributed by atoms with E-state index in [-0.39, 0.29) is 0 Å². The summed E-state index contributed by atoms with van der Waals surface area (Å²) in [6, 6.07) is 17.8. The van der Waals surface area contributed by atoms with Crippen LogP contribution in [0.1, 0.15) is 11.3 Å². The summed E-state index contributed by atoms with van der Waals surface area (Å²) in [4.78, 5) is 3.30. The first-order valence-electron chi connectivity index (χ1n) is 7.38. The van der Waals surface area contributed by atoms with Crippen LogP contribution in [-0.4, -0.2) is 9.38 Å². The average molecular weight is 378 g/mol. The van der Waals surface area contributed by atoms with E-state index >= 15 is 0 Å². The zero-order valence-corrected chi connectivity index (χ0v) is 14.4. The Kier molecular flexibility index (Phi) is 3.44. The van der Waals surface area contributed by atoms with Gasteiger partial charge in [0.2, 0.25) is 0 Å². The number of imidazole rings is 1. The predicted octanol–water partition coefficient (Wildman–Crippen LogP) is 5.78. The summed E-state index contributed by atoms with van der Waals surface area (Å²) in [5, 5.41) is 18.2. The summed E-state index contributed by atoms with van der Waals surface area (Å²) in [5.41, 5.74) is 5.49. The van der Waals surface area contributed by atoms with Crippen LogP contribution in [0, 0.1) is 18.3 Å². The number of halogens is 1. The second-order valence-corrected chi connectivity index (χ2v) is 6.34. The van der Waals surface area contributed by atoms with Gasteiger partial charge >= 0.3 is 0 Å². The molecule has 0 aliphatic heterocycles. The van der Waals surface area contributed by atoms with Crippen LogP contribution in [0.2, 0.25) is 0 Å². The molecule has 0 spiro atoms. The molecule has 0 saturated heterocycles. The lowest BCUT2D eigenvalue weighted by Crippen LogP contribution is -1.82. The number of rotatable bonds is 2. The second-order valence-electron chi connectivity index (χ2n) is 5.42. The minimum atomic E-state index is 0.504. The fourth-order valence-corrected chi connectivity index (χ4v) is 3.11. The summed E-state index contributed by atoms with van der Waals surface area (Å²) in [6.07, 6.45) is 0. The summed E-state index contributed by atoms with van der Waals surface area (Å²) in [7, 11) is 0. The van der Waals surface area contributed by atoms with E-state index in [0.29, 0.717) is 11.3 Å². The number of H-pyrrole nitrogens is 1. The Bertz CT molecular complexity index is 1130. The number of aromatic nitrogens is 2. The van der Waals surface area contributed by atoms with E-state index in [4.69, 9.17) is 0 Å². The lowest BCUT2D eigenvalue weighted by atomic mass is 10.2. The van der Waals surface area contributed by atoms with Gasteiger partial charge in [-0.15, -0.1) is 5.11 Å². The van der Waals surface area contributed by atoms with Crippen molar-refractivity contribution in [1.29, 1.82) is 5.26 Å². The first kappa shape index (κ1) is 14.7. The number of fused-ring (bicyclic) bond motifs is 3. The number of azo groups is 1. The molecule has 0 saturated carbocycles. The number of aryl methyl sites for hydroxylation is 1. The summed E-state index contributed by atoms with van der Waals surface area (Å²) >= 11 is 3.39. The molecule has 2 aromatic heterocycles. The summed E-state index contributed by atoms with van der Waals surface area (Å²) in [6.45, 7) is 1.95. The molecule has 116 valence electrons. The molecular formula is C18H12BrN5. The zero-order valence-electron chi connectivity index (χ0n) is 12.8. The normalized spacial score (nSPS) is 11.5. The Labute approximate surface area is 146 Å². The van der Waals surface area contributed by atoms with Gasteiger partial charge in [-0.1, -0.05) is 28.1 Å². The molecule has 5 nitrogen and oxygen atoms in total. The molecule has 4 rings (SSSR count). The Morgan fingerprint density at radius 2 is 1.83 bits per heavy atom. The number of para-hydroxylation sites is 2. The Hall–Kier alpha value is -2.91. The van der Waals surface area contributed by atoms with Crippen LogP contribution in [0.25, 0.3) is 16.7 Å². The van der Waals surface area contributed by atoms with E-state index < -0.39 is 0 Å². The van der Waals surface area contributed by atoms with Gasteiger partial charge in [0, 0.05) is 4.47 Å². The highest BCUT2D eigenvalue weighted by molar-refractivity contribution is 9.10. The predicted molar refractivity (Wildman–Crippen MR) is 97.0 cm³/mol. The molecule has 0 amide bonds. The highest BCUT2D eigenvalue weighted by Crippen LogP contribution is 2.34. The van der Waals surface area contributed by atoms with Crippen LogP contribution in [-0.2, 0) is 0 Å². The molecule has 0 fully saturated rings. The summed E-state index contributed by atoms with van der Waals surface area (Å²) in [5.74, 6) is 0. The number of nitriles is 1. The largest absolute Gasteiger partial charge is 0.338 e. The van der Waals surface area contributed by atoms with Crippen molar-refractivity contribution in [2.75, 3.05) is 0 Å². The zero-order chi connectivity index (χ0) is 16.7. The lowest BCUT2D eigenvalue weighted by molar-refractivity contribution is 1.14. The van der Waals surface area contributed by atoms with Crippen LogP contribution < -0.4 is 0 Å². The third-order valence-electron chi connectivity index (χ3n) is 3.98. The SMILES string of the molecule is Cc1c(N=Nc2ccc(Br)cc2)c(C#N)c2[nH]c3ccccc3n12. The van der Waals surface area contributed by atoms with E-state index in [0.717, 1.165) is 32.5 Å². The van der Waals surface area contributed by atoms with E-state index in [1.54, 1.807) is 0 Å². The van der Waals surface area contributed by atoms with Crippen molar-refractivity contribution in [3.05, 3.63) is 64.3 Å². The molecule has 24 heavy (non-hydrogen) atoms. The highest BCUT2D eigenvalue weighted by atomic mass is 79.9. The van der Waals surface area contributed by atoms with Gasteiger partial charge in [0.25, 0.3) is 0 Å². The fourth-order valence-electron chi connectivity index (χ4n) is 2.84. The van der Waals surface area contributed by atoms with E-state index in [1.807, 2.05) is 59.9 Å². The lowest BCUT2D eigenvalue weighted by Gasteiger charge is -1.96. The van der Waals surface area contributed by atoms with Crippen molar-refractivity contribution in [3.63, 3.8) is 0 Å². The molecular weight excluding hydrogens is 366 g/mol. The van der Waals surface area contributed by atoms with Crippen molar-refractivity contribution in [2.24, 2.45) is 10.2 Å². The number of hydrogen-bond acceptors (Lipinski definition) is 3. The topological polar surface area (TPSA) is 68.7 Å². The molecule has 0 bridgehead atoms. The monoisotopic (exact) mass is 377 g/mol. The Balaban J connectivity index is 1.90. The smallest absolute Gasteiger partial charge is 0.136 e. The molecule has 0 unspecified atom stereocenters. The van der Waals surface area contributed by atoms with Crippen molar-refractivity contribution in [2.45, 2.75) is 6.92 Å². The van der Waals surface area contributed by atoms with Gasteiger partial charge in [0.15, 0.2) is 0 Å². The Morgan fingerprint density at radius 1 is 1.08 bits per heavy atom. The molecule has 1 N–H and O–H groups in total. The molecule has 2 heterocycles. The van der Waals surface area contributed by atoms with E-state index in [2.05, 4.69) is 37.2 Å². The number of nitrogens with one attached hydrogen (secondary N) is 1. The third-order valence-corrected chi connectivity index (χ3v) is 4.51. The molecule has 4 aromatic rings. The van der Waals surface area contributed by atoms with Crippen LogP contribution in [0.5, 0.6) is 0 Å². The van der Waals surface area contributed by atoms with E-state index in [1.165, 1.54) is 0 Å². The van der Waals surface area contributed by atoms with Crippen LogP contribution in [0.15, 0.2) is 63.2 Å². The quantitative estimate of drug-likeness (QED) is 0.442.